The van der Waals surface area contributed by atoms with Gasteiger partial charge in [-0.3, -0.25) is 4.79 Å². The molecule has 2 aromatic rings. The fourth-order valence-electron chi connectivity index (χ4n) is 1.58. The Morgan fingerprint density at radius 3 is 2.94 bits per heavy atom. The number of ether oxygens (including phenoxy) is 1. The summed E-state index contributed by atoms with van der Waals surface area (Å²) < 4.78 is 10.3. The Morgan fingerprint density at radius 2 is 2.24 bits per heavy atom. The average molecular weight is 233 g/mol. The third-order valence-electron chi connectivity index (χ3n) is 2.31. The molecule has 0 aliphatic heterocycles. The smallest absolute Gasteiger partial charge is 0.336 e. The molecule has 2 N–H and O–H groups in total. The van der Waals surface area contributed by atoms with E-state index in [2.05, 4.69) is 0 Å². The highest BCUT2D eigenvalue weighted by Gasteiger charge is 2.08. The van der Waals surface area contributed by atoms with Crippen LogP contribution in [0.3, 0.4) is 0 Å². The van der Waals surface area contributed by atoms with E-state index < -0.39 is 11.5 Å². The second-order valence-electron chi connectivity index (χ2n) is 3.64. The standard InChI is InChI=1S/C12H11NO4/c1-7-5-11(15)17-12-8(7)3-2-4-9(12)16-6-10(13)14/h2-5H,6H2,1H3,(H2,13,14). The molecule has 5 heteroatoms. The van der Waals surface area contributed by atoms with E-state index in [1.54, 1.807) is 19.1 Å². The fraction of sp³-hybridized carbons (Fsp3) is 0.167. The van der Waals surface area contributed by atoms with Crippen LogP contribution in [0.25, 0.3) is 11.0 Å². The van der Waals surface area contributed by atoms with Crippen LogP contribution >= 0.6 is 0 Å². The molecule has 0 saturated carbocycles. The monoisotopic (exact) mass is 233 g/mol. The van der Waals surface area contributed by atoms with E-state index in [-0.39, 0.29) is 6.61 Å². The molecular weight excluding hydrogens is 222 g/mol. The Labute approximate surface area is 96.8 Å². The molecule has 0 saturated heterocycles. The van der Waals surface area contributed by atoms with Gasteiger partial charge in [0.25, 0.3) is 5.91 Å². The molecule has 1 aromatic carbocycles. The first-order chi connectivity index (χ1) is 8.08. The van der Waals surface area contributed by atoms with E-state index in [4.69, 9.17) is 14.9 Å². The SMILES string of the molecule is Cc1cc(=O)oc2c(OCC(N)=O)cccc12. The zero-order chi connectivity index (χ0) is 12.4. The maximum absolute atomic E-state index is 11.3. The fourth-order valence-corrected chi connectivity index (χ4v) is 1.58. The molecule has 0 aliphatic carbocycles. The molecule has 0 aliphatic rings. The van der Waals surface area contributed by atoms with Crippen LogP contribution in [-0.4, -0.2) is 12.5 Å². The van der Waals surface area contributed by atoms with Crippen molar-refractivity contribution in [2.75, 3.05) is 6.61 Å². The summed E-state index contributed by atoms with van der Waals surface area (Å²) in [6.45, 7) is 1.55. The highest BCUT2D eigenvalue weighted by atomic mass is 16.5. The van der Waals surface area contributed by atoms with Crippen molar-refractivity contribution < 1.29 is 13.9 Å². The van der Waals surface area contributed by atoms with Crippen molar-refractivity contribution in [2.24, 2.45) is 5.73 Å². The van der Waals surface area contributed by atoms with Crippen molar-refractivity contribution in [3.05, 3.63) is 40.2 Å². The Balaban J connectivity index is 2.56. The summed E-state index contributed by atoms with van der Waals surface area (Å²) in [6.07, 6.45) is 0. The molecule has 0 atom stereocenters. The van der Waals surface area contributed by atoms with Crippen LogP contribution in [0.5, 0.6) is 5.75 Å². The number of carbonyl (C=O) groups excluding carboxylic acids is 1. The van der Waals surface area contributed by atoms with Crippen LogP contribution in [-0.2, 0) is 4.79 Å². The Bertz CT molecular complexity index is 630. The predicted octanol–water partition coefficient (Wildman–Crippen LogP) is 0.966. The van der Waals surface area contributed by atoms with Gasteiger partial charge in [-0.1, -0.05) is 12.1 Å². The minimum absolute atomic E-state index is 0.253. The zero-order valence-electron chi connectivity index (χ0n) is 9.23. The third-order valence-corrected chi connectivity index (χ3v) is 2.31. The number of nitrogens with two attached hydrogens (primary N) is 1. The van der Waals surface area contributed by atoms with Gasteiger partial charge in [0, 0.05) is 11.5 Å². The van der Waals surface area contributed by atoms with Crippen LogP contribution in [0.2, 0.25) is 0 Å². The number of hydrogen-bond acceptors (Lipinski definition) is 4. The number of benzene rings is 1. The first-order valence-electron chi connectivity index (χ1n) is 5.02. The molecule has 0 spiro atoms. The Kier molecular flexibility index (Phi) is 2.82. The molecule has 1 heterocycles. The van der Waals surface area contributed by atoms with Crippen LogP contribution < -0.4 is 16.1 Å². The van der Waals surface area contributed by atoms with E-state index in [0.29, 0.717) is 11.3 Å². The van der Waals surface area contributed by atoms with E-state index in [9.17, 15) is 9.59 Å². The number of carbonyl (C=O) groups is 1. The van der Waals surface area contributed by atoms with Gasteiger partial charge in [0.05, 0.1) is 0 Å². The molecule has 0 bridgehead atoms. The summed E-state index contributed by atoms with van der Waals surface area (Å²) in [5.74, 6) is -0.251. The lowest BCUT2D eigenvalue weighted by atomic mass is 10.1. The maximum Gasteiger partial charge on any atom is 0.336 e. The number of fused-ring (bicyclic) bond motifs is 1. The predicted molar refractivity (Wildman–Crippen MR) is 61.9 cm³/mol. The Morgan fingerprint density at radius 1 is 1.47 bits per heavy atom. The van der Waals surface area contributed by atoms with Gasteiger partial charge in [0.1, 0.15) is 0 Å². The first kappa shape index (κ1) is 11.2. The maximum atomic E-state index is 11.3. The van der Waals surface area contributed by atoms with Crippen LogP contribution in [0, 0.1) is 6.92 Å². The Hall–Kier alpha value is -2.30. The largest absolute Gasteiger partial charge is 0.480 e. The van der Waals surface area contributed by atoms with Gasteiger partial charge in [-0.15, -0.1) is 0 Å². The van der Waals surface area contributed by atoms with Crippen LogP contribution in [0.1, 0.15) is 5.56 Å². The average Bonchev–Trinajstić information content (AvgIpc) is 2.26. The van der Waals surface area contributed by atoms with E-state index >= 15 is 0 Å². The number of para-hydroxylation sites is 1. The minimum atomic E-state index is -0.586. The molecule has 5 nitrogen and oxygen atoms in total. The number of rotatable bonds is 3. The van der Waals surface area contributed by atoms with Gasteiger partial charge < -0.3 is 14.9 Å². The molecule has 0 unspecified atom stereocenters. The van der Waals surface area contributed by atoms with Gasteiger partial charge in [-0.05, 0) is 18.6 Å². The van der Waals surface area contributed by atoms with Crippen LogP contribution in [0.4, 0.5) is 0 Å². The van der Waals surface area contributed by atoms with E-state index in [1.807, 2.05) is 6.07 Å². The molecule has 88 valence electrons. The van der Waals surface area contributed by atoms with E-state index in [0.717, 1.165) is 10.9 Å². The number of primary amides is 1. The minimum Gasteiger partial charge on any atom is -0.480 e. The summed E-state index contributed by atoms with van der Waals surface area (Å²) in [6, 6.07) is 6.59. The molecule has 1 aromatic heterocycles. The van der Waals surface area contributed by atoms with Gasteiger partial charge in [-0.25, -0.2) is 4.79 Å². The summed E-state index contributed by atoms with van der Waals surface area (Å²) in [5, 5.41) is 0.770. The summed E-state index contributed by atoms with van der Waals surface area (Å²) >= 11 is 0. The zero-order valence-corrected chi connectivity index (χ0v) is 9.23. The van der Waals surface area contributed by atoms with Crippen molar-refractivity contribution in [1.82, 2.24) is 0 Å². The molecule has 1 amide bonds. The topological polar surface area (TPSA) is 82.5 Å². The molecular formula is C12H11NO4. The number of aryl methyl sites for hydroxylation is 1. The van der Waals surface area contributed by atoms with Crippen molar-refractivity contribution in [2.45, 2.75) is 6.92 Å². The molecule has 17 heavy (non-hydrogen) atoms. The summed E-state index contributed by atoms with van der Waals surface area (Å²) in [5.41, 5.74) is 5.66. The molecule has 2 rings (SSSR count). The number of hydrogen-bond donors (Lipinski definition) is 1. The van der Waals surface area contributed by atoms with Crippen molar-refractivity contribution >= 4 is 16.9 Å². The lowest BCUT2D eigenvalue weighted by Crippen LogP contribution is -2.20. The van der Waals surface area contributed by atoms with Crippen molar-refractivity contribution in [3.8, 4) is 5.75 Å². The quantitative estimate of drug-likeness (QED) is 0.800. The lowest BCUT2D eigenvalue weighted by molar-refractivity contribution is -0.119. The second-order valence-corrected chi connectivity index (χ2v) is 3.64. The summed E-state index contributed by atoms with van der Waals surface area (Å²) in [7, 11) is 0. The lowest BCUT2D eigenvalue weighted by Gasteiger charge is -2.07. The summed E-state index contributed by atoms with van der Waals surface area (Å²) in [4.78, 5) is 21.9. The van der Waals surface area contributed by atoms with Gasteiger partial charge >= 0.3 is 5.63 Å². The highest BCUT2D eigenvalue weighted by molar-refractivity contribution is 5.85. The van der Waals surface area contributed by atoms with Crippen molar-refractivity contribution in [1.29, 1.82) is 0 Å². The van der Waals surface area contributed by atoms with Gasteiger partial charge in [-0.2, -0.15) is 0 Å². The van der Waals surface area contributed by atoms with E-state index in [1.165, 1.54) is 6.07 Å². The second kappa shape index (κ2) is 4.29. The third kappa shape index (κ3) is 2.28. The highest BCUT2D eigenvalue weighted by Crippen LogP contribution is 2.26. The van der Waals surface area contributed by atoms with Crippen LogP contribution in [0.15, 0.2) is 33.5 Å². The van der Waals surface area contributed by atoms with Gasteiger partial charge in [0.2, 0.25) is 0 Å². The number of amides is 1. The normalized spacial score (nSPS) is 10.4. The molecule has 0 fully saturated rings. The molecule has 0 radical (unpaired) electrons. The van der Waals surface area contributed by atoms with Gasteiger partial charge in [0.15, 0.2) is 17.9 Å². The van der Waals surface area contributed by atoms with Crippen molar-refractivity contribution in [3.63, 3.8) is 0 Å². The first-order valence-corrected chi connectivity index (χ1v) is 5.02.